The number of hydrogen-bond donors (Lipinski definition) is 1. The molecular weight excluding hydrogens is 544 g/mol. The predicted octanol–water partition coefficient (Wildman–Crippen LogP) is 4.71. The van der Waals surface area contributed by atoms with Crippen molar-refractivity contribution in [2.45, 2.75) is 19.4 Å². The average Bonchev–Trinajstić information content (AvgIpc) is 3.62. The molecule has 1 aliphatic rings. The number of amides is 1. The lowest BCUT2D eigenvalue weighted by Gasteiger charge is -2.20. The maximum atomic E-state index is 13.1. The third-order valence-corrected chi connectivity index (χ3v) is 7.87. The van der Waals surface area contributed by atoms with Crippen LogP contribution in [0.15, 0.2) is 73.1 Å². The largest absolute Gasteiger partial charge is 0.457 e. The molecule has 43 heavy (non-hydrogen) atoms. The van der Waals surface area contributed by atoms with Gasteiger partial charge in [-0.25, -0.2) is 9.97 Å². The molecule has 0 bridgehead atoms. The Hall–Kier alpha value is -4.25. The topological polar surface area (TPSA) is 108 Å². The van der Waals surface area contributed by atoms with Crippen molar-refractivity contribution in [1.82, 2.24) is 24.3 Å². The van der Waals surface area contributed by atoms with Gasteiger partial charge in [-0.1, -0.05) is 36.4 Å². The average molecular weight is 585 g/mol. The van der Waals surface area contributed by atoms with E-state index in [-0.39, 0.29) is 11.9 Å². The number of methoxy groups -OCH3 is 2. The lowest BCUT2D eigenvalue weighted by Crippen LogP contribution is -2.31. The first kappa shape index (κ1) is 30.2. The fourth-order valence-electron chi connectivity index (χ4n) is 5.68. The number of benzene rings is 2. The van der Waals surface area contributed by atoms with Gasteiger partial charge in [0.1, 0.15) is 29.3 Å². The number of likely N-dealkylation sites (tertiary alicyclic amines) is 1. The molecule has 10 nitrogen and oxygen atoms in total. The van der Waals surface area contributed by atoms with Crippen molar-refractivity contribution in [2.24, 2.45) is 0 Å². The van der Waals surface area contributed by atoms with E-state index in [0.29, 0.717) is 38.7 Å². The Balaban J connectivity index is 1.33. The molecule has 0 saturated carbocycles. The minimum absolute atomic E-state index is 0.0124. The summed E-state index contributed by atoms with van der Waals surface area (Å²) < 4.78 is 18.6. The van der Waals surface area contributed by atoms with Crippen molar-refractivity contribution < 1.29 is 19.0 Å². The molecule has 3 heterocycles. The van der Waals surface area contributed by atoms with Crippen LogP contribution in [0.25, 0.3) is 22.2 Å². The molecule has 0 aliphatic carbocycles. The molecule has 1 saturated heterocycles. The number of nitrogens with zero attached hydrogens (tertiary/aromatic N) is 5. The first-order valence-electron chi connectivity index (χ1n) is 14.6. The molecule has 2 aromatic heterocycles. The van der Waals surface area contributed by atoms with Crippen LogP contribution in [0.3, 0.4) is 0 Å². The number of nitrogen functional groups attached to an aromatic ring is 1. The monoisotopic (exact) mass is 584 g/mol. The molecule has 0 radical (unpaired) electrons. The minimum atomic E-state index is 0.0124. The van der Waals surface area contributed by atoms with Gasteiger partial charge in [0.2, 0.25) is 5.91 Å². The number of hydrogen-bond acceptors (Lipinski definition) is 8. The van der Waals surface area contributed by atoms with E-state index < -0.39 is 0 Å². The summed E-state index contributed by atoms with van der Waals surface area (Å²) in [6, 6.07) is 17.8. The smallest absolute Gasteiger partial charge is 0.246 e. The number of carbonyl (C=O) groups excluding carboxylic acids is 1. The highest BCUT2D eigenvalue weighted by Crippen LogP contribution is 2.40. The van der Waals surface area contributed by atoms with E-state index in [4.69, 9.17) is 19.9 Å². The molecule has 226 valence electrons. The van der Waals surface area contributed by atoms with E-state index in [0.717, 1.165) is 58.9 Å². The number of aromatic nitrogens is 3. The second-order valence-corrected chi connectivity index (χ2v) is 10.6. The van der Waals surface area contributed by atoms with Gasteiger partial charge in [-0.2, -0.15) is 0 Å². The highest BCUT2D eigenvalue weighted by atomic mass is 16.5. The molecule has 4 aromatic rings. The van der Waals surface area contributed by atoms with Crippen molar-refractivity contribution in [2.75, 3.05) is 65.9 Å². The van der Waals surface area contributed by atoms with Gasteiger partial charge in [0.25, 0.3) is 0 Å². The van der Waals surface area contributed by atoms with Crippen LogP contribution in [0, 0.1) is 6.92 Å². The van der Waals surface area contributed by atoms with Crippen molar-refractivity contribution in [3.63, 3.8) is 0 Å². The van der Waals surface area contributed by atoms with Crippen LogP contribution in [0.2, 0.25) is 0 Å². The van der Waals surface area contributed by atoms with Crippen LogP contribution in [0.1, 0.15) is 18.2 Å². The maximum Gasteiger partial charge on any atom is 0.246 e. The van der Waals surface area contributed by atoms with Gasteiger partial charge >= 0.3 is 0 Å². The molecule has 1 atom stereocenters. The van der Waals surface area contributed by atoms with Gasteiger partial charge in [0.05, 0.1) is 24.6 Å². The van der Waals surface area contributed by atoms with E-state index >= 15 is 0 Å². The third-order valence-electron chi connectivity index (χ3n) is 7.87. The minimum Gasteiger partial charge on any atom is -0.457 e. The van der Waals surface area contributed by atoms with Gasteiger partial charge in [0.15, 0.2) is 0 Å². The third kappa shape index (κ3) is 7.05. The number of nitrogens with two attached hydrogens (primary N) is 1. The lowest BCUT2D eigenvalue weighted by molar-refractivity contribution is -0.125. The van der Waals surface area contributed by atoms with Gasteiger partial charge in [-0.15, -0.1) is 0 Å². The molecule has 0 spiro atoms. The van der Waals surface area contributed by atoms with Gasteiger partial charge in [0, 0.05) is 64.3 Å². The van der Waals surface area contributed by atoms with E-state index in [1.54, 1.807) is 20.3 Å². The van der Waals surface area contributed by atoms with Crippen LogP contribution >= 0.6 is 0 Å². The summed E-state index contributed by atoms with van der Waals surface area (Å²) in [7, 11) is 3.38. The summed E-state index contributed by atoms with van der Waals surface area (Å²) in [6.07, 6.45) is 5.94. The van der Waals surface area contributed by atoms with Crippen LogP contribution in [0.4, 0.5) is 5.82 Å². The summed E-state index contributed by atoms with van der Waals surface area (Å²) >= 11 is 0. The van der Waals surface area contributed by atoms with Crippen LogP contribution in [0.5, 0.6) is 11.5 Å². The number of fused-ring (bicyclic) bond motifs is 1. The molecule has 10 heteroatoms. The molecular formula is C33H40N6O4. The second-order valence-electron chi connectivity index (χ2n) is 10.6. The standard InChI is InChI=1S/C33H40N6O4/c1-24-30(25-11-13-28(14-12-25)43-27-8-5-4-6-9-27)31-32(34)35-23-36-33(31)39(24)26-15-17-38(22-26)29(40)10-7-16-37(18-20-41-2)19-21-42-3/h4-14,23,26H,15-22H2,1-3H3,(H2,34,35,36)/b10-7+/t26-/m1/s1. The van der Waals surface area contributed by atoms with Crippen molar-refractivity contribution in [1.29, 1.82) is 0 Å². The fraction of sp³-hybridized carbons (Fsp3) is 0.364. The molecule has 1 aliphatic heterocycles. The van der Waals surface area contributed by atoms with Crippen molar-refractivity contribution in [3.05, 3.63) is 78.8 Å². The van der Waals surface area contributed by atoms with Gasteiger partial charge in [-0.05, 0) is 43.2 Å². The molecule has 1 amide bonds. The lowest BCUT2D eigenvalue weighted by atomic mass is 10.0. The quantitative estimate of drug-likeness (QED) is 0.225. The normalized spacial score (nSPS) is 15.3. The maximum absolute atomic E-state index is 13.1. The molecule has 0 unspecified atom stereocenters. The van der Waals surface area contributed by atoms with E-state index in [1.165, 1.54) is 6.33 Å². The molecule has 5 rings (SSSR count). The zero-order valence-corrected chi connectivity index (χ0v) is 25.1. The Morgan fingerprint density at radius 2 is 1.72 bits per heavy atom. The number of anilines is 1. The van der Waals surface area contributed by atoms with E-state index in [2.05, 4.69) is 26.4 Å². The van der Waals surface area contributed by atoms with Crippen molar-refractivity contribution >= 4 is 22.8 Å². The Morgan fingerprint density at radius 3 is 2.42 bits per heavy atom. The number of para-hydroxylation sites is 1. The summed E-state index contributed by atoms with van der Waals surface area (Å²) in [5.74, 6) is 1.98. The summed E-state index contributed by atoms with van der Waals surface area (Å²) in [5, 5.41) is 0.827. The Kier molecular flexibility index (Phi) is 10.0. The zero-order chi connectivity index (χ0) is 30.2. The van der Waals surface area contributed by atoms with Gasteiger partial charge < -0.3 is 29.4 Å². The van der Waals surface area contributed by atoms with E-state index in [1.807, 2.05) is 65.6 Å². The van der Waals surface area contributed by atoms with Crippen molar-refractivity contribution in [3.8, 4) is 22.6 Å². The highest BCUT2D eigenvalue weighted by Gasteiger charge is 2.31. The number of ether oxygens (including phenoxy) is 3. The van der Waals surface area contributed by atoms with Gasteiger partial charge in [-0.3, -0.25) is 9.69 Å². The van der Waals surface area contributed by atoms with Crippen LogP contribution in [-0.4, -0.2) is 90.4 Å². The predicted molar refractivity (Wildman–Crippen MR) is 168 cm³/mol. The van der Waals surface area contributed by atoms with Crippen LogP contribution in [-0.2, 0) is 14.3 Å². The molecule has 2 aromatic carbocycles. The van der Waals surface area contributed by atoms with Crippen LogP contribution < -0.4 is 10.5 Å². The summed E-state index contributed by atoms with van der Waals surface area (Å²) in [6.45, 7) is 6.83. The SMILES string of the molecule is COCCN(C/C=C/C(=O)N1CC[C@@H](n2c(C)c(-c3ccc(Oc4ccccc4)cc3)c3c(N)ncnc32)C1)CCOC. The first-order valence-corrected chi connectivity index (χ1v) is 14.6. The summed E-state index contributed by atoms with van der Waals surface area (Å²) in [4.78, 5) is 26.2. The Labute approximate surface area is 252 Å². The molecule has 1 fully saturated rings. The van der Waals surface area contributed by atoms with E-state index in [9.17, 15) is 4.79 Å². The summed E-state index contributed by atoms with van der Waals surface area (Å²) in [5.41, 5.74) is 10.3. The number of carbonyl (C=O) groups is 1. The highest BCUT2D eigenvalue weighted by molar-refractivity contribution is 6.02. The Morgan fingerprint density at radius 1 is 1.02 bits per heavy atom. The molecule has 2 N–H and O–H groups in total. The Bertz CT molecular complexity index is 1530. The number of rotatable bonds is 13. The zero-order valence-electron chi connectivity index (χ0n) is 25.1. The first-order chi connectivity index (χ1) is 21.0. The fourth-order valence-corrected chi connectivity index (χ4v) is 5.68. The second kappa shape index (κ2) is 14.3.